The van der Waals surface area contributed by atoms with Crippen LogP contribution in [-0.4, -0.2) is 31.2 Å². The number of hydrogen-bond donors (Lipinski definition) is 2. The molecule has 27 heavy (non-hydrogen) atoms. The average molecular weight is 424 g/mol. The second kappa shape index (κ2) is 8.78. The number of carbonyl (C=O) groups excluding carboxylic acids is 1. The Labute approximate surface area is 173 Å². The number of methoxy groups -OCH3 is 1. The van der Waals surface area contributed by atoms with Gasteiger partial charge in [0.2, 0.25) is 0 Å². The quantitative estimate of drug-likeness (QED) is 0.696. The number of thiocarbonyl (C=S) groups is 1. The zero-order chi connectivity index (χ0) is 19.4. The minimum absolute atomic E-state index is 0.178. The molecule has 2 aromatic rings. The van der Waals surface area contributed by atoms with Gasteiger partial charge in [0.05, 0.1) is 22.8 Å². The van der Waals surface area contributed by atoms with Gasteiger partial charge in [-0.25, -0.2) is 0 Å². The number of halogens is 2. The highest BCUT2D eigenvalue weighted by Gasteiger charge is 2.16. The van der Waals surface area contributed by atoms with E-state index < -0.39 is 0 Å². The molecule has 0 bridgehead atoms. The highest BCUT2D eigenvalue weighted by molar-refractivity contribution is 7.80. The van der Waals surface area contributed by atoms with Crippen molar-refractivity contribution in [3.63, 3.8) is 0 Å². The maximum Gasteiger partial charge on any atom is 0.257 e. The van der Waals surface area contributed by atoms with Gasteiger partial charge in [-0.05, 0) is 61.5 Å². The molecular weight excluding hydrogens is 405 g/mol. The molecule has 1 aliphatic rings. The summed E-state index contributed by atoms with van der Waals surface area (Å²) in [6.07, 6.45) is 2.36. The molecule has 2 aromatic carbocycles. The summed E-state index contributed by atoms with van der Waals surface area (Å²) in [4.78, 5) is 14.6. The molecule has 1 fully saturated rings. The van der Waals surface area contributed by atoms with E-state index in [9.17, 15) is 4.79 Å². The van der Waals surface area contributed by atoms with Gasteiger partial charge in [0.25, 0.3) is 5.91 Å². The summed E-state index contributed by atoms with van der Waals surface area (Å²) in [7, 11) is 1.51. The zero-order valence-electron chi connectivity index (χ0n) is 14.7. The van der Waals surface area contributed by atoms with E-state index in [1.807, 2.05) is 12.1 Å². The normalized spacial score (nSPS) is 13.4. The van der Waals surface area contributed by atoms with E-state index in [0.29, 0.717) is 27.0 Å². The van der Waals surface area contributed by atoms with Crippen LogP contribution >= 0.6 is 35.4 Å². The lowest BCUT2D eigenvalue weighted by Crippen LogP contribution is -2.34. The summed E-state index contributed by atoms with van der Waals surface area (Å²) in [5, 5.41) is 6.79. The number of anilines is 2. The minimum Gasteiger partial charge on any atom is -0.495 e. The molecular formula is C19H19Cl2N3O2S. The van der Waals surface area contributed by atoms with Gasteiger partial charge in [-0.1, -0.05) is 23.2 Å². The Hall–Kier alpha value is -2.02. The molecule has 0 spiro atoms. The number of nitrogens with one attached hydrogen (secondary N) is 2. The number of nitrogens with zero attached hydrogens (tertiary/aromatic N) is 1. The first-order valence-corrected chi connectivity index (χ1v) is 9.64. The largest absolute Gasteiger partial charge is 0.495 e. The Kier molecular flexibility index (Phi) is 6.42. The molecule has 0 aromatic heterocycles. The van der Waals surface area contributed by atoms with Crippen LogP contribution in [0, 0.1) is 0 Å². The van der Waals surface area contributed by atoms with Crippen LogP contribution in [0.25, 0.3) is 0 Å². The lowest BCUT2D eigenvalue weighted by atomic mass is 10.2. The standard InChI is InChI=1S/C19H19Cl2N3O2S/c1-26-17-7-4-12(10-15(17)21)18(25)23-19(27)22-13-5-6-16(14(20)11-13)24-8-2-3-9-24/h4-7,10-11H,2-3,8-9H2,1H3,(H2,22,23,25,27). The van der Waals surface area contributed by atoms with Crippen LogP contribution in [0.3, 0.4) is 0 Å². The van der Waals surface area contributed by atoms with Gasteiger partial charge in [0.1, 0.15) is 5.75 Å². The first kappa shape index (κ1) is 19.7. The first-order valence-electron chi connectivity index (χ1n) is 8.48. The highest BCUT2D eigenvalue weighted by atomic mass is 35.5. The van der Waals surface area contributed by atoms with Crippen LogP contribution in [0.4, 0.5) is 11.4 Å². The fraction of sp³-hybridized carbons (Fsp3) is 0.263. The summed E-state index contributed by atoms with van der Waals surface area (Å²) in [5.74, 6) is 0.137. The van der Waals surface area contributed by atoms with Gasteiger partial charge in [-0.3, -0.25) is 10.1 Å². The molecule has 0 saturated carbocycles. The van der Waals surface area contributed by atoms with Crippen LogP contribution < -0.4 is 20.3 Å². The van der Waals surface area contributed by atoms with Gasteiger partial charge in [-0.15, -0.1) is 0 Å². The molecule has 3 rings (SSSR count). The number of hydrogen-bond acceptors (Lipinski definition) is 4. The van der Waals surface area contributed by atoms with E-state index >= 15 is 0 Å². The van der Waals surface area contributed by atoms with Crippen LogP contribution in [0.1, 0.15) is 23.2 Å². The van der Waals surface area contributed by atoms with Gasteiger partial charge in [0.15, 0.2) is 5.11 Å². The summed E-state index contributed by atoms with van der Waals surface area (Å²) >= 11 is 17.7. The molecule has 0 radical (unpaired) electrons. The Morgan fingerprint density at radius 3 is 2.48 bits per heavy atom. The van der Waals surface area contributed by atoms with Crippen LogP contribution in [0.2, 0.25) is 10.0 Å². The maximum absolute atomic E-state index is 12.3. The van der Waals surface area contributed by atoms with Crippen molar-refractivity contribution in [2.24, 2.45) is 0 Å². The molecule has 0 unspecified atom stereocenters. The van der Waals surface area contributed by atoms with Crippen LogP contribution in [0.15, 0.2) is 36.4 Å². The van der Waals surface area contributed by atoms with Gasteiger partial charge in [-0.2, -0.15) is 0 Å². The molecule has 2 N–H and O–H groups in total. The molecule has 8 heteroatoms. The number of benzene rings is 2. The minimum atomic E-state index is -0.364. The summed E-state index contributed by atoms with van der Waals surface area (Å²) in [6.45, 7) is 2.04. The third-order valence-corrected chi connectivity index (χ3v) is 5.10. The summed E-state index contributed by atoms with van der Waals surface area (Å²) in [6, 6.07) is 10.4. The Morgan fingerprint density at radius 1 is 1.11 bits per heavy atom. The average Bonchev–Trinajstić information content (AvgIpc) is 3.16. The van der Waals surface area contributed by atoms with E-state index in [2.05, 4.69) is 15.5 Å². The molecule has 1 saturated heterocycles. The maximum atomic E-state index is 12.3. The van der Waals surface area contributed by atoms with Crippen molar-refractivity contribution in [1.29, 1.82) is 0 Å². The van der Waals surface area contributed by atoms with E-state index in [4.69, 9.17) is 40.2 Å². The lowest BCUT2D eigenvalue weighted by molar-refractivity contribution is 0.0977. The first-order chi connectivity index (χ1) is 13.0. The number of rotatable bonds is 4. The Bertz CT molecular complexity index is 870. The number of ether oxygens (including phenoxy) is 1. The second-order valence-electron chi connectivity index (χ2n) is 6.12. The van der Waals surface area contributed by atoms with E-state index in [1.165, 1.54) is 26.0 Å². The molecule has 5 nitrogen and oxygen atoms in total. The lowest BCUT2D eigenvalue weighted by Gasteiger charge is -2.20. The molecule has 1 amide bonds. The molecule has 1 aliphatic heterocycles. The van der Waals surface area contributed by atoms with E-state index in [1.54, 1.807) is 18.2 Å². The third-order valence-electron chi connectivity index (χ3n) is 4.29. The predicted molar refractivity (Wildman–Crippen MR) is 115 cm³/mol. The second-order valence-corrected chi connectivity index (χ2v) is 7.34. The van der Waals surface area contributed by atoms with Crippen molar-refractivity contribution >= 4 is 57.8 Å². The summed E-state index contributed by atoms with van der Waals surface area (Å²) in [5.41, 5.74) is 2.11. The number of amides is 1. The van der Waals surface area contributed by atoms with Crippen molar-refractivity contribution < 1.29 is 9.53 Å². The van der Waals surface area contributed by atoms with Crippen molar-refractivity contribution in [1.82, 2.24) is 5.32 Å². The van der Waals surface area contributed by atoms with Gasteiger partial charge >= 0.3 is 0 Å². The molecule has 0 atom stereocenters. The predicted octanol–water partition coefficient (Wildman–Crippen LogP) is 4.73. The SMILES string of the molecule is COc1ccc(C(=O)NC(=S)Nc2ccc(N3CCCC3)c(Cl)c2)cc1Cl. The highest BCUT2D eigenvalue weighted by Crippen LogP contribution is 2.31. The smallest absolute Gasteiger partial charge is 0.257 e. The van der Waals surface area contributed by atoms with Crippen LogP contribution in [-0.2, 0) is 0 Å². The van der Waals surface area contributed by atoms with Gasteiger partial charge in [0, 0.05) is 24.3 Å². The molecule has 142 valence electrons. The van der Waals surface area contributed by atoms with Crippen LogP contribution in [0.5, 0.6) is 5.75 Å². The fourth-order valence-corrected chi connectivity index (χ4v) is 3.71. The fourth-order valence-electron chi connectivity index (χ4n) is 2.94. The van der Waals surface area contributed by atoms with Crippen molar-refractivity contribution in [2.75, 3.05) is 30.4 Å². The van der Waals surface area contributed by atoms with E-state index in [-0.39, 0.29) is 11.0 Å². The van der Waals surface area contributed by atoms with Crippen molar-refractivity contribution in [2.45, 2.75) is 12.8 Å². The third kappa shape index (κ3) is 4.83. The Morgan fingerprint density at radius 2 is 1.85 bits per heavy atom. The molecule has 1 heterocycles. The van der Waals surface area contributed by atoms with Crippen molar-refractivity contribution in [3.8, 4) is 5.75 Å². The van der Waals surface area contributed by atoms with E-state index in [0.717, 1.165) is 18.8 Å². The Balaban J connectivity index is 1.62. The summed E-state index contributed by atoms with van der Waals surface area (Å²) < 4.78 is 5.08. The monoisotopic (exact) mass is 423 g/mol. The number of carbonyl (C=O) groups is 1. The topological polar surface area (TPSA) is 53.6 Å². The van der Waals surface area contributed by atoms with Crippen molar-refractivity contribution in [3.05, 3.63) is 52.0 Å². The molecule has 0 aliphatic carbocycles. The zero-order valence-corrected chi connectivity index (χ0v) is 17.0. The van der Waals surface area contributed by atoms with Gasteiger partial charge < -0.3 is 15.0 Å².